The number of ether oxygens (including phenoxy) is 1. The number of rotatable bonds is 4. The summed E-state index contributed by atoms with van der Waals surface area (Å²) in [5, 5.41) is 14.1. The number of aryl methyl sites for hydroxylation is 1. The lowest BCUT2D eigenvalue weighted by atomic mass is 9.94. The molecule has 2 aromatic rings. The van der Waals surface area contributed by atoms with Crippen LogP contribution in [-0.2, 0) is 23.5 Å². The number of nitrogens with zero attached hydrogens (tertiary/aromatic N) is 2. The largest absolute Gasteiger partial charge is 0.507 e. The van der Waals surface area contributed by atoms with Crippen molar-refractivity contribution in [2.75, 3.05) is 7.11 Å². The van der Waals surface area contributed by atoms with E-state index < -0.39 is 10.0 Å². The molecule has 0 spiro atoms. The van der Waals surface area contributed by atoms with Crippen LogP contribution in [-0.4, -0.2) is 30.4 Å². The smallest absolute Gasteiger partial charge is 0.244 e. The molecule has 1 aliphatic carbocycles. The first-order chi connectivity index (χ1) is 10.9. The molecule has 1 aliphatic rings. The van der Waals surface area contributed by atoms with Gasteiger partial charge in [-0.05, 0) is 31.4 Å². The molecule has 0 saturated carbocycles. The van der Waals surface area contributed by atoms with Crippen LogP contribution in [0.15, 0.2) is 29.3 Å². The van der Waals surface area contributed by atoms with Crippen molar-refractivity contribution in [3.8, 4) is 11.5 Å². The van der Waals surface area contributed by atoms with Gasteiger partial charge in [0.25, 0.3) is 0 Å². The Morgan fingerprint density at radius 3 is 2.96 bits per heavy atom. The van der Waals surface area contributed by atoms with Crippen LogP contribution in [0.5, 0.6) is 11.5 Å². The Morgan fingerprint density at radius 1 is 1.43 bits per heavy atom. The van der Waals surface area contributed by atoms with E-state index >= 15 is 0 Å². The highest BCUT2D eigenvalue weighted by molar-refractivity contribution is 7.89. The average molecular weight is 337 g/mol. The van der Waals surface area contributed by atoms with Gasteiger partial charge in [0.15, 0.2) is 0 Å². The van der Waals surface area contributed by atoms with Gasteiger partial charge in [0.05, 0.1) is 19.3 Å². The Hall–Kier alpha value is -2.06. The molecule has 0 aliphatic heterocycles. The van der Waals surface area contributed by atoms with E-state index in [4.69, 9.17) is 4.74 Å². The van der Waals surface area contributed by atoms with Crippen molar-refractivity contribution in [2.45, 2.75) is 30.2 Å². The molecule has 1 aromatic heterocycles. The molecule has 0 amide bonds. The van der Waals surface area contributed by atoms with Gasteiger partial charge in [0.1, 0.15) is 16.4 Å². The standard InChI is InChI=1S/C15H19N3O4S/c1-18-13-5-3-4-12(11(13)9-16-18)17-23(20,21)15-8-10(22-2)6-7-14(15)19/h6-9,12,17,19H,3-5H2,1-2H3. The van der Waals surface area contributed by atoms with Crippen LogP contribution in [0.3, 0.4) is 0 Å². The van der Waals surface area contributed by atoms with Crippen LogP contribution >= 0.6 is 0 Å². The number of methoxy groups -OCH3 is 1. The van der Waals surface area contributed by atoms with Crippen molar-refractivity contribution in [1.29, 1.82) is 0 Å². The highest BCUT2D eigenvalue weighted by Gasteiger charge is 2.29. The summed E-state index contributed by atoms with van der Waals surface area (Å²) >= 11 is 0. The molecular weight excluding hydrogens is 318 g/mol. The second-order valence-electron chi connectivity index (χ2n) is 5.57. The number of phenols is 1. The summed E-state index contributed by atoms with van der Waals surface area (Å²) in [6, 6.07) is 3.78. The van der Waals surface area contributed by atoms with Crippen LogP contribution in [0, 0.1) is 0 Å². The maximum atomic E-state index is 12.7. The van der Waals surface area contributed by atoms with Crippen molar-refractivity contribution in [2.24, 2.45) is 7.05 Å². The SMILES string of the molecule is COc1ccc(O)c(S(=O)(=O)NC2CCCc3c2cnn3C)c1. The number of benzene rings is 1. The molecule has 1 atom stereocenters. The lowest BCUT2D eigenvalue weighted by molar-refractivity contribution is 0.407. The number of hydrogen-bond acceptors (Lipinski definition) is 5. The normalized spacial score (nSPS) is 17.7. The number of hydrogen-bond donors (Lipinski definition) is 2. The van der Waals surface area contributed by atoms with Gasteiger partial charge < -0.3 is 9.84 Å². The van der Waals surface area contributed by atoms with Crippen molar-refractivity contribution in [3.63, 3.8) is 0 Å². The van der Waals surface area contributed by atoms with Crippen LogP contribution < -0.4 is 9.46 Å². The Labute approximate surface area is 134 Å². The van der Waals surface area contributed by atoms with E-state index in [0.717, 1.165) is 24.1 Å². The van der Waals surface area contributed by atoms with Gasteiger partial charge in [0.2, 0.25) is 10.0 Å². The predicted molar refractivity (Wildman–Crippen MR) is 83.9 cm³/mol. The molecule has 1 unspecified atom stereocenters. The van der Waals surface area contributed by atoms with Gasteiger partial charge in [-0.2, -0.15) is 5.10 Å². The van der Waals surface area contributed by atoms with Crippen LogP contribution in [0.2, 0.25) is 0 Å². The predicted octanol–water partition coefficient (Wildman–Crippen LogP) is 1.49. The third kappa shape index (κ3) is 2.91. The topological polar surface area (TPSA) is 93.4 Å². The summed E-state index contributed by atoms with van der Waals surface area (Å²) in [4.78, 5) is -0.187. The van der Waals surface area contributed by atoms with Crippen molar-refractivity contribution >= 4 is 10.0 Å². The molecule has 1 aromatic carbocycles. The van der Waals surface area contributed by atoms with E-state index in [1.165, 1.54) is 25.3 Å². The Kier molecular flexibility index (Phi) is 4.03. The molecule has 2 N–H and O–H groups in total. The summed E-state index contributed by atoms with van der Waals surface area (Å²) in [6.45, 7) is 0. The number of aromatic hydroxyl groups is 1. The average Bonchev–Trinajstić information content (AvgIpc) is 2.90. The molecule has 0 radical (unpaired) electrons. The fourth-order valence-electron chi connectivity index (χ4n) is 2.92. The zero-order valence-electron chi connectivity index (χ0n) is 13.0. The van der Waals surface area contributed by atoms with E-state index in [9.17, 15) is 13.5 Å². The molecular formula is C15H19N3O4S. The second-order valence-corrected chi connectivity index (χ2v) is 7.25. The number of nitrogens with one attached hydrogen (secondary N) is 1. The summed E-state index contributed by atoms with van der Waals surface area (Å²) in [6.07, 6.45) is 4.16. The first-order valence-corrected chi connectivity index (χ1v) is 8.81. The zero-order chi connectivity index (χ0) is 16.6. The second kappa shape index (κ2) is 5.86. The summed E-state index contributed by atoms with van der Waals surface area (Å²) < 4.78 is 34.8. The summed E-state index contributed by atoms with van der Waals surface area (Å²) in [5.41, 5.74) is 1.93. The van der Waals surface area contributed by atoms with Crippen molar-refractivity contribution < 1.29 is 18.3 Å². The van der Waals surface area contributed by atoms with Crippen LogP contribution in [0.4, 0.5) is 0 Å². The minimum absolute atomic E-state index is 0.187. The molecule has 7 nitrogen and oxygen atoms in total. The van der Waals surface area contributed by atoms with Gasteiger partial charge in [-0.15, -0.1) is 0 Å². The number of fused-ring (bicyclic) bond motifs is 1. The van der Waals surface area contributed by atoms with Crippen molar-refractivity contribution in [3.05, 3.63) is 35.7 Å². The lowest BCUT2D eigenvalue weighted by Crippen LogP contribution is -2.31. The molecule has 3 rings (SSSR count). The van der Waals surface area contributed by atoms with Gasteiger partial charge in [0, 0.05) is 24.4 Å². The molecule has 0 fully saturated rings. The Morgan fingerprint density at radius 2 is 2.22 bits per heavy atom. The first-order valence-electron chi connectivity index (χ1n) is 7.32. The zero-order valence-corrected chi connectivity index (χ0v) is 13.8. The molecule has 8 heteroatoms. The Bertz CT molecular complexity index is 829. The third-order valence-corrected chi connectivity index (χ3v) is 5.63. The first kappa shape index (κ1) is 15.8. The molecule has 1 heterocycles. The number of phenolic OH excluding ortho intramolecular Hbond substituents is 1. The highest BCUT2D eigenvalue weighted by atomic mass is 32.2. The summed E-state index contributed by atoms with van der Waals surface area (Å²) in [7, 11) is -0.579. The summed E-state index contributed by atoms with van der Waals surface area (Å²) in [5.74, 6) is 0.0643. The molecule has 0 saturated heterocycles. The fourth-order valence-corrected chi connectivity index (χ4v) is 4.28. The van der Waals surface area contributed by atoms with Crippen molar-refractivity contribution in [1.82, 2.24) is 14.5 Å². The molecule has 0 bridgehead atoms. The third-order valence-electron chi connectivity index (χ3n) is 4.13. The van der Waals surface area contributed by atoms with E-state index in [-0.39, 0.29) is 16.7 Å². The van der Waals surface area contributed by atoms with Crippen LogP contribution in [0.1, 0.15) is 30.1 Å². The minimum Gasteiger partial charge on any atom is -0.507 e. The van der Waals surface area contributed by atoms with Gasteiger partial charge >= 0.3 is 0 Å². The Balaban J connectivity index is 1.94. The van der Waals surface area contributed by atoms with Gasteiger partial charge in [-0.25, -0.2) is 13.1 Å². The van der Waals surface area contributed by atoms with E-state index in [2.05, 4.69) is 9.82 Å². The quantitative estimate of drug-likeness (QED) is 0.882. The molecule has 124 valence electrons. The maximum absolute atomic E-state index is 12.7. The lowest BCUT2D eigenvalue weighted by Gasteiger charge is -2.24. The molecule has 23 heavy (non-hydrogen) atoms. The van der Waals surface area contributed by atoms with E-state index in [0.29, 0.717) is 12.2 Å². The monoisotopic (exact) mass is 337 g/mol. The van der Waals surface area contributed by atoms with E-state index in [1.54, 1.807) is 10.9 Å². The minimum atomic E-state index is -3.87. The maximum Gasteiger partial charge on any atom is 0.244 e. The number of aromatic nitrogens is 2. The van der Waals surface area contributed by atoms with Gasteiger partial charge in [-0.3, -0.25) is 4.68 Å². The van der Waals surface area contributed by atoms with Crippen LogP contribution in [0.25, 0.3) is 0 Å². The van der Waals surface area contributed by atoms with Gasteiger partial charge in [-0.1, -0.05) is 0 Å². The number of sulfonamides is 1. The van der Waals surface area contributed by atoms with E-state index in [1.807, 2.05) is 7.05 Å². The fraction of sp³-hybridized carbons (Fsp3) is 0.400. The highest BCUT2D eigenvalue weighted by Crippen LogP contribution is 2.33.